The summed E-state index contributed by atoms with van der Waals surface area (Å²) in [6.07, 6.45) is 7.43. The third-order valence-electron chi connectivity index (χ3n) is 6.75. The van der Waals surface area contributed by atoms with E-state index in [0.717, 1.165) is 53.5 Å². The maximum Gasteiger partial charge on any atom is 0.254 e. The lowest BCUT2D eigenvalue weighted by Crippen LogP contribution is -2.51. The first kappa shape index (κ1) is 18.9. The fourth-order valence-electron chi connectivity index (χ4n) is 5.92. The first-order valence-electron chi connectivity index (χ1n) is 9.69. The smallest absolute Gasteiger partial charge is 0.254 e. The van der Waals surface area contributed by atoms with Crippen LogP contribution in [0.15, 0.2) is 23.1 Å². The number of sulfonamides is 1. The van der Waals surface area contributed by atoms with Crippen LogP contribution >= 0.6 is 0 Å². The van der Waals surface area contributed by atoms with Gasteiger partial charge in [0, 0.05) is 20.6 Å². The third-order valence-corrected chi connectivity index (χ3v) is 8.56. The molecule has 1 aromatic carbocycles. The predicted molar refractivity (Wildman–Crippen MR) is 100 cm³/mol. The highest BCUT2D eigenvalue weighted by atomic mass is 32.2. The number of nitrogens with zero attached hydrogens (tertiary/aromatic N) is 1. The van der Waals surface area contributed by atoms with Crippen LogP contribution in [0.5, 0.6) is 0 Å². The van der Waals surface area contributed by atoms with Crippen LogP contribution in [-0.4, -0.2) is 39.3 Å². The quantitative estimate of drug-likeness (QED) is 0.835. The fourth-order valence-corrected chi connectivity index (χ4v) is 6.85. The molecule has 4 aliphatic rings. The van der Waals surface area contributed by atoms with E-state index < -0.39 is 21.7 Å². The number of amides is 1. The minimum atomic E-state index is -3.71. The van der Waals surface area contributed by atoms with Gasteiger partial charge in [-0.25, -0.2) is 17.1 Å². The first-order chi connectivity index (χ1) is 12.7. The molecule has 4 fully saturated rings. The topological polar surface area (TPSA) is 66.5 Å². The number of hydrogen-bond donors (Lipinski definition) is 1. The summed E-state index contributed by atoms with van der Waals surface area (Å²) in [5.74, 6) is 1.10. The van der Waals surface area contributed by atoms with Crippen LogP contribution in [0.1, 0.15) is 48.9 Å². The van der Waals surface area contributed by atoms with Gasteiger partial charge in [0.25, 0.3) is 5.91 Å². The number of benzene rings is 1. The number of nitrogens with one attached hydrogen (secondary N) is 1. The molecule has 0 aliphatic heterocycles. The van der Waals surface area contributed by atoms with Crippen molar-refractivity contribution in [1.82, 2.24) is 9.62 Å². The van der Waals surface area contributed by atoms with Crippen LogP contribution in [0.4, 0.5) is 4.39 Å². The molecule has 7 heteroatoms. The molecule has 5 nitrogen and oxygen atoms in total. The summed E-state index contributed by atoms with van der Waals surface area (Å²) in [6, 6.07) is 3.39. The van der Waals surface area contributed by atoms with Gasteiger partial charge < -0.3 is 5.32 Å². The molecule has 1 amide bonds. The summed E-state index contributed by atoms with van der Waals surface area (Å²) in [4.78, 5) is 12.6. The van der Waals surface area contributed by atoms with E-state index >= 15 is 0 Å². The van der Waals surface area contributed by atoms with Gasteiger partial charge in [0.15, 0.2) is 0 Å². The van der Waals surface area contributed by atoms with E-state index in [9.17, 15) is 17.6 Å². The maximum absolute atomic E-state index is 14.2. The molecule has 0 spiro atoms. The van der Waals surface area contributed by atoms with Crippen molar-refractivity contribution in [3.05, 3.63) is 29.6 Å². The molecule has 1 N–H and O–H groups in total. The summed E-state index contributed by atoms with van der Waals surface area (Å²) in [6.45, 7) is 0.555. The van der Waals surface area contributed by atoms with Crippen molar-refractivity contribution < 1.29 is 17.6 Å². The minimum absolute atomic E-state index is 0.0751. The van der Waals surface area contributed by atoms with E-state index in [4.69, 9.17) is 0 Å². The van der Waals surface area contributed by atoms with Gasteiger partial charge in [-0.1, -0.05) is 0 Å². The summed E-state index contributed by atoms with van der Waals surface area (Å²) in [5, 5.41) is 2.92. The van der Waals surface area contributed by atoms with E-state index in [1.54, 1.807) is 0 Å². The Balaban J connectivity index is 1.51. The van der Waals surface area contributed by atoms with E-state index in [-0.39, 0.29) is 15.9 Å². The van der Waals surface area contributed by atoms with E-state index in [1.807, 2.05) is 0 Å². The lowest BCUT2D eigenvalue weighted by atomic mass is 9.49. The molecule has 0 heterocycles. The molecule has 4 bridgehead atoms. The molecular formula is C20H27FN2O3S. The van der Waals surface area contributed by atoms with Crippen molar-refractivity contribution in [2.45, 2.75) is 43.4 Å². The second-order valence-corrected chi connectivity index (χ2v) is 11.2. The van der Waals surface area contributed by atoms with Gasteiger partial charge >= 0.3 is 0 Å². The van der Waals surface area contributed by atoms with E-state index in [0.29, 0.717) is 6.54 Å². The van der Waals surface area contributed by atoms with Crippen molar-refractivity contribution in [2.24, 2.45) is 23.2 Å². The van der Waals surface area contributed by atoms with Crippen LogP contribution in [0.3, 0.4) is 0 Å². The zero-order valence-electron chi connectivity index (χ0n) is 15.9. The van der Waals surface area contributed by atoms with Gasteiger partial charge in [-0.05, 0) is 79.9 Å². The molecule has 4 aliphatic carbocycles. The Morgan fingerprint density at radius 2 is 1.70 bits per heavy atom. The number of halogens is 1. The molecule has 0 radical (unpaired) electrons. The highest BCUT2D eigenvalue weighted by molar-refractivity contribution is 7.89. The fraction of sp³-hybridized carbons (Fsp3) is 0.650. The molecule has 4 saturated carbocycles. The van der Waals surface area contributed by atoms with Crippen molar-refractivity contribution in [1.29, 1.82) is 0 Å². The zero-order chi connectivity index (χ0) is 19.4. The normalized spacial score (nSPS) is 32.1. The van der Waals surface area contributed by atoms with Gasteiger partial charge in [-0.15, -0.1) is 0 Å². The maximum atomic E-state index is 14.2. The van der Waals surface area contributed by atoms with E-state index in [1.165, 1.54) is 39.4 Å². The molecular weight excluding hydrogens is 367 g/mol. The van der Waals surface area contributed by atoms with Gasteiger partial charge in [0.05, 0.1) is 10.5 Å². The van der Waals surface area contributed by atoms with Crippen LogP contribution in [0.2, 0.25) is 0 Å². The van der Waals surface area contributed by atoms with Crippen LogP contribution in [0.25, 0.3) is 0 Å². The van der Waals surface area contributed by atoms with Crippen molar-refractivity contribution in [3.8, 4) is 0 Å². The standard InChI is InChI=1S/C20H27FN2O3S/c1-23(2)27(25,26)16-3-4-18(21)17(8-16)19(24)22-12-20-9-13-5-14(10-20)7-15(6-13)11-20/h3-4,8,13-15H,5-7,9-12H2,1-2H3,(H,22,24). The molecule has 27 heavy (non-hydrogen) atoms. The largest absolute Gasteiger partial charge is 0.351 e. The van der Waals surface area contributed by atoms with Crippen molar-refractivity contribution in [2.75, 3.05) is 20.6 Å². The summed E-state index contributed by atoms with van der Waals surface area (Å²) < 4.78 is 39.8. The molecule has 0 unspecified atom stereocenters. The number of carbonyl (C=O) groups is 1. The van der Waals surface area contributed by atoms with E-state index in [2.05, 4.69) is 5.32 Å². The Morgan fingerprint density at radius 3 is 2.22 bits per heavy atom. The van der Waals surface area contributed by atoms with Crippen LogP contribution < -0.4 is 5.32 Å². The molecule has 0 atom stereocenters. The second kappa shape index (κ2) is 6.55. The molecule has 5 rings (SSSR count). The average molecular weight is 395 g/mol. The molecule has 0 aromatic heterocycles. The lowest BCUT2D eigenvalue weighted by molar-refractivity contribution is -0.0503. The Kier molecular flexibility index (Phi) is 4.58. The summed E-state index contributed by atoms with van der Waals surface area (Å²) in [5.41, 5.74) is -0.0588. The number of rotatable bonds is 5. The first-order valence-corrected chi connectivity index (χ1v) is 11.1. The number of carbonyl (C=O) groups excluding carboxylic acids is 1. The predicted octanol–water partition coefficient (Wildman–Crippen LogP) is 3.02. The van der Waals surface area contributed by atoms with Crippen LogP contribution in [-0.2, 0) is 10.0 Å². The highest BCUT2D eigenvalue weighted by Gasteiger charge is 2.50. The van der Waals surface area contributed by atoms with Crippen molar-refractivity contribution >= 4 is 15.9 Å². The van der Waals surface area contributed by atoms with Gasteiger partial charge in [0.1, 0.15) is 5.82 Å². The Morgan fingerprint density at radius 1 is 1.15 bits per heavy atom. The van der Waals surface area contributed by atoms with Gasteiger partial charge in [0.2, 0.25) is 10.0 Å². The Bertz CT molecular complexity index is 831. The Labute approximate surface area is 160 Å². The third kappa shape index (κ3) is 3.40. The summed E-state index contributed by atoms with van der Waals surface area (Å²) >= 11 is 0. The second-order valence-electron chi connectivity index (χ2n) is 9.03. The van der Waals surface area contributed by atoms with Crippen LogP contribution in [0, 0.1) is 29.0 Å². The van der Waals surface area contributed by atoms with Gasteiger partial charge in [-0.3, -0.25) is 4.79 Å². The average Bonchev–Trinajstić information content (AvgIpc) is 2.58. The minimum Gasteiger partial charge on any atom is -0.351 e. The zero-order valence-corrected chi connectivity index (χ0v) is 16.7. The Hall–Kier alpha value is -1.47. The molecule has 0 saturated heterocycles. The highest BCUT2D eigenvalue weighted by Crippen LogP contribution is 2.59. The lowest BCUT2D eigenvalue weighted by Gasteiger charge is -2.56. The van der Waals surface area contributed by atoms with Gasteiger partial charge in [-0.2, -0.15) is 0 Å². The summed E-state index contributed by atoms with van der Waals surface area (Å²) in [7, 11) is -0.898. The SMILES string of the molecule is CN(C)S(=O)(=O)c1ccc(F)c(C(=O)NCC23CC4CC(CC(C4)C2)C3)c1. The number of hydrogen-bond acceptors (Lipinski definition) is 3. The molecule has 148 valence electrons. The van der Waals surface area contributed by atoms with Crippen molar-refractivity contribution in [3.63, 3.8) is 0 Å². The molecule has 1 aromatic rings. The monoisotopic (exact) mass is 394 g/mol.